The summed E-state index contributed by atoms with van der Waals surface area (Å²) in [6, 6.07) is 1.48. The zero-order valence-electron chi connectivity index (χ0n) is 20.5. The smallest absolute Gasteiger partial charge is 0.326 e. The summed E-state index contributed by atoms with van der Waals surface area (Å²) in [6.45, 7) is 3.97. The molecule has 0 spiro atoms. The summed E-state index contributed by atoms with van der Waals surface area (Å²) in [6.07, 6.45) is 0.630. The van der Waals surface area contributed by atoms with Gasteiger partial charge in [-0.05, 0) is 42.9 Å². The highest BCUT2D eigenvalue weighted by molar-refractivity contribution is 5.96. The van der Waals surface area contributed by atoms with Crippen molar-refractivity contribution in [3.63, 3.8) is 0 Å². The van der Waals surface area contributed by atoms with Crippen LogP contribution in [-0.4, -0.2) is 75.4 Å². The molecule has 2 rings (SSSR count). The predicted octanol–water partition coefficient (Wildman–Crippen LogP) is -0.771. The van der Waals surface area contributed by atoms with Crippen LogP contribution in [0.4, 0.5) is 0 Å². The molecule has 36 heavy (non-hydrogen) atoms. The molecule has 1 aliphatic heterocycles. The van der Waals surface area contributed by atoms with Crippen molar-refractivity contribution in [2.45, 2.75) is 70.1 Å². The summed E-state index contributed by atoms with van der Waals surface area (Å²) in [7, 11) is 0. The molecular formula is C24H35N5O7. The van der Waals surface area contributed by atoms with E-state index in [0.717, 1.165) is 0 Å². The number of hydrogen-bond acceptors (Lipinski definition) is 7. The maximum Gasteiger partial charge on any atom is 0.326 e. The van der Waals surface area contributed by atoms with E-state index in [1.54, 1.807) is 12.1 Å². The maximum atomic E-state index is 13.3. The summed E-state index contributed by atoms with van der Waals surface area (Å²) >= 11 is 0. The Labute approximate surface area is 209 Å². The lowest BCUT2D eigenvalue weighted by Crippen LogP contribution is -2.57. The number of phenolic OH excluding ortho intramolecular Hbond substituents is 1. The zero-order chi connectivity index (χ0) is 27.0. The number of carboxylic acid groups (broad SMARTS) is 1. The fourth-order valence-electron chi connectivity index (χ4n) is 4.13. The van der Waals surface area contributed by atoms with Crippen LogP contribution in [0.3, 0.4) is 0 Å². The first-order chi connectivity index (χ1) is 16.9. The van der Waals surface area contributed by atoms with E-state index in [1.165, 1.54) is 17.0 Å². The van der Waals surface area contributed by atoms with Crippen molar-refractivity contribution >= 4 is 29.6 Å². The Morgan fingerprint density at radius 2 is 1.72 bits per heavy atom. The Morgan fingerprint density at radius 1 is 1.08 bits per heavy atom. The minimum Gasteiger partial charge on any atom is -0.508 e. The number of nitrogens with zero attached hydrogens (tertiary/aromatic N) is 1. The van der Waals surface area contributed by atoms with Crippen molar-refractivity contribution in [1.29, 1.82) is 0 Å². The van der Waals surface area contributed by atoms with Gasteiger partial charge in [0.15, 0.2) is 0 Å². The third-order valence-corrected chi connectivity index (χ3v) is 5.91. The van der Waals surface area contributed by atoms with Gasteiger partial charge in [0, 0.05) is 13.0 Å². The van der Waals surface area contributed by atoms with Crippen LogP contribution in [0.25, 0.3) is 0 Å². The Morgan fingerprint density at radius 3 is 2.28 bits per heavy atom. The van der Waals surface area contributed by atoms with Crippen LogP contribution in [0.1, 0.15) is 45.1 Å². The molecule has 4 atom stereocenters. The van der Waals surface area contributed by atoms with Crippen LogP contribution in [0.2, 0.25) is 0 Å². The second-order valence-corrected chi connectivity index (χ2v) is 9.43. The van der Waals surface area contributed by atoms with Crippen LogP contribution in [0, 0.1) is 5.92 Å². The number of aromatic hydroxyl groups is 1. The monoisotopic (exact) mass is 505 g/mol. The molecule has 12 heteroatoms. The minimum atomic E-state index is -1.30. The van der Waals surface area contributed by atoms with Gasteiger partial charge in [-0.25, -0.2) is 4.79 Å². The zero-order valence-corrected chi connectivity index (χ0v) is 20.5. The highest BCUT2D eigenvalue weighted by Crippen LogP contribution is 2.20. The fraction of sp³-hybridized carbons (Fsp3) is 0.542. The highest BCUT2D eigenvalue weighted by atomic mass is 16.4. The standard InChI is InChI=1S/C24H35N5O7/c1-13(2)10-16(25)21(32)27-17(12-20(26)31)23(34)29-9-3-4-19(29)22(33)28-18(24(35)36)11-14-5-7-15(30)8-6-14/h5-8,13,16-19,30H,3-4,9-12,25H2,1-2H3,(H2,26,31)(H,27,32)(H,28,33)(H,35,36). The second-order valence-electron chi connectivity index (χ2n) is 9.43. The average molecular weight is 506 g/mol. The molecule has 1 aromatic carbocycles. The van der Waals surface area contributed by atoms with Crippen molar-refractivity contribution in [1.82, 2.24) is 15.5 Å². The van der Waals surface area contributed by atoms with Gasteiger partial charge in [-0.2, -0.15) is 0 Å². The molecule has 0 saturated carbocycles. The molecular weight excluding hydrogens is 470 g/mol. The normalized spacial score (nSPS) is 17.8. The lowest BCUT2D eigenvalue weighted by molar-refractivity contribution is -0.145. The molecule has 8 N–H and O–H groups in total. The molecule has 0 aromatic heterocycles. The Bertz CT molecular complexity index is 966. The highest BCUT2D eigenvalue weighted by Gasteiger charge is 2.39. The molecule has 1 fully saturated rings. The topological polar surface area (TPSA) is 205 Å². The van der Waals surface area contributed by atoms with Gasteiger partial charge in [-0.1, -0.05) is 26.0 Å². The van der Waals surface area contributed by atoms with E-state index < -0.39 is 60.2 Å². The third kappa shape index (κ3) is 8.22. The van der Waals surface area contributed by atoms with Crippen molar-refractivity contribution in [3.8, 4) is 5.75 Å². The number of carbonyl (C=O) groups is 5. The summed E-state index contributed by atoms with van der Waals surface area (Å²) in [5.41, 5.74) is 11.8. The molecule has 0 aliphatic carbocycles. The number of phenols is 1. The molecule has 1 aromatic rings. The van der Waals surface area contributed by atoms with Gasteiger partial charge in [-0.15, -0.1) is 0 Å². The first-order valence-corrected chi connectivity index (χ1v) is 11.8. The Hall–Kier alpha value is -3.67. The van der Waals surface area contributed by atoms with Gasteiger partial charge in [0.25, 0.3) is 0 Å². The average Bonchev–Trinajstić information content (AvgIpc) is 3.28. The quantitative estimate of drug-likeness (QED) is 0.212. The van der Waals surface area contributed by atoms with E-state index >= 15 is 0 Å². The van der Waals surface area contributed by atoms with Crippen molar-refractivity contribution < 1.29 is 34.2 Å². The number of carboxylic acids is 1. The number of hydrogen-bond donors (Lipinski definition) is 6. The largest absolute Gasteiger partial charge is 0.508 e. The first-order valence-electron chi connectivity index (χ1n) is 11.8. The molecule has 1 saturated heterocycles. The van der Waals surface area contributed by atoms with Gasteiger partial charge in [-0.3, -0.25) is 19.2 Å². The summed E-state index contributed by atoms with van der Waals surface area (Å²) < 4.78 is 0. The van der Waals surface area contributed by atoms with Crippen LogP contribution < -0.4 is 22.1 Å². The number of nitrogens with two attached hydrogens (primary N) is 2. The van der Waals surface area contributed by atoms with Crippen LogP contribution in [0.5, 0.6) is 5.75 Å². The predicted molar refractivity (Wildman–Crippen MR) is 129 cm³/mol. The first kappa shape index (κ1) is 28.6. The number of aliphatic carboxylic acids is 1. The molecule has 4 unspecified atom stereocenters. The van der Waals surface area contributed by atoms with Crippen LogP contribution in [0.15, 0.2) is 24.3 Å². The molecule has 1 aliphatic rings. The minimum absolute atomic E-state index is 0.0255. The van der Waals surface area contributed by atoms with E-state index in [1.807, 2.05) is 13.8 Å². The Balaban J connectivity index is 2.13. The summed E-state index contributed by atoms with van der Waals surface area (Å²) in [5, 5.41) is 24.0. The SMILES string of the molecule is CC(C)CC(N)C(=O)NC(CC(N)=O)C(=O)N1CCCC1C(=O)NC(Cc1ccc(O)cc1)C(=O)O. The lowest BCUT2D eigenvalue weighted by Gasteiger charge is -2.29. The van der Waals surface area contributed by atoms with Gasteiger partial charge in [0.05, 0.1) is 12.5 Å². The van der Waals surface area contributed by atoms with Gasteiger partial charge in [0.1, 0.15) is 23.9 Å². The number of nitrogens with one attached hydrogen (secondary N) is 2. The number of likely N-dealkylation sites (tertiary alicyclic amines) is 1. The van der Waals surface area contributed by atoms with Crippen molar-refractivity contribution in [2.24, 2.45) is 17.4 Å². The van der Waals surface area contributed by atoms with E-state index in [2.05, 4.69) is 10.6 Å². The van der Waals surface area contributed by atoms with Gasteiger partial charge in [0.2, 0.25) is 23.6 Å². The number of rotatable bonds is 12. The van der Waals surface area contributed by atoms with Gasteiger partial charge < -0.3 is 37.2 Å². The fourth-order valence-corrected chi connectivity index (χ4v) is 4.13. The molecule has 0 radical (unpaired) electrons. The van der Waals surface area contributed by atoms with E-state index in [0.29, 0.717) is 18.4 Å². The second kappa shape index (κ2) is 12.9. The van der Waals surface area contributed by atoms with E-state index in [4.69, 9.17) is 11.5 Å². The molecule has 4 amide bonds. The maximum absolute atomic E-state index is 13.3. The lowest BCUT2D eigenvalue weighted by atomic mass is 10.0. The third-order valence-electron chi connectivity index (χ3n) is 5.91. The van der Waals surface area contributed by atoms with Crippen molar-refractivity contribution in [2.75, 3.05) is 6.54 Å². The summed E-state index contributed by atoms with van der Waals surface area (Å²) in [4.78, 5) is 63.4. The van der Waals surface area contributed by atoms with Gasteiger partial charge >= 0.3 is 5.97 Å². The van der Waals surface area contributed by atoms with Crippen LogP contribution in [-0.2, 0) is 30.4 Å². The molecule has 12 nitrogen and oxygen atoms in total. The number of carbonyl (C=O) groups excluding carboxylic acids is 4. The molecule has 198 valence electrons. The van der Waals surface area contributed by atoms with E-state index in [9.17, 15) is 34.2 Å². The number of primary amides is 1. The Kier molecular flexibility index (Phi) is 10.2. The number of amides is 4. The molecule has 1 heterocycles. The molecule has 0 bridgehead atoms. The number of benzene rings is 1. The van der Waals surface area contributed by atoms with E-state index in [-0.39, 0.29) is 31.1 Å². The van der Waals surface area contributed by atoms with Crippen molar-refractivity contribution in [3.05, 3.63) is 29.8 Å². The summed E-state index contributed by atoms with van der Waals surface area (Å²) in [5.74, 6) is -3.85. The van der Waals surface area contributed by atoms with Crippen LogP contribution >= 0.6 is 0 Å².